The lowest BCUT2D eigenvalue weighted by Gasteiger charge is -1.97. The Morgan fingerprint density at radius 1 is 1.75 bits per heavy atom. The molecule has 1 aromatic heterocycles. The van der Waals surface area contributed by atoms with E-state index < -0.39 is 0 Å². The molecule has 0 saturated carbocycles. The van der Waals surface area contributed by atoms with Gasteiger partial charge in [0.25, 0.3) is 0 Å². The Kier molecular flexibility index (Phi) is 2.14. The fourth-order valence-corrected chi connectivity index (χ4v) is 0.849. The SMILES string of the molecule is [C-]#[N+]c1cc(C#N)c(N)nc1Cl. The zero-order valence-electron chi connectivity index (χ0n) is 5.87. The normalized spacial score (nSPS) is 8.58. The molecule has 0 fully saturated rings. The van der Waals surface area contributed by atoms with E-state index in [0.29, 0.717) is 0 Å². The number of hydrogen-bond acceptors (Lipinski definition) is 3. The van der Waals surface area contributed by atoms with Gasteiger partial charge in [-0.2, -0.15) is 5.26 Å². The minimum Gasteiger partial charge on any atom is -0.383 e. The summed E-state index contributed by atoms with van der Waals surface area (Å²) in [7, 11) is 0. The molecule has 0 spiro atoms. The molecule has 58 valence electrons. The van der Waals surface area contributed by atoms with E-state index in [9.17, 15) is 0 Å². The highest BCUT2D eigenvalue weighted by atomic mass is 35.5. The molecule has 0 radical (unpaired) electrons. The lowest BCUT2D eigenvalue weighted by molar-refractivity contribution is 1.32. The molecule has 0 aliphatic rings. The molecular formula is C7H3ClN4. The van der Waals surface area contributed by atoms with Crippen molar-refractivity contribution < 1.29 is 0 Å². The highest BCUT2D eigenvalue weighted by Gasteiger charge is 2.06. The average molecular weight is 179 g/mol. The highest BCUT2D eigenvalue weighted by Crippen LogP contribution is 2.25. The van der Waals surface area contributed by atoms with Crippen LogP contribution in [0.15, 0.2) is 6.07 Å². The molecule has 1 rings (SSSR count). The number of nitrogens with zero attached hydrogens (tertiary/aromatic N) is 3. The number of halogens is 1. The molecule has 0 aliphatic heterocycles. The Bertz CT molecular complexity index is 364. The van der Waals surface area contributed by atoms with E-state index in [1.54, 1.807) is 0 Å². The number of hydrogen-bond donors (Lipinski definition) is 1. The van der Waals surface area contributed by atoms with Gasteiger partial charge < -0.3 is 5.73 Å². The van der Waals surface area contributed by atoms with Gasteiger partial charge in [0.2, 0.25) is 5.69 Å². The number of aromatic nitrogens is 1. The number of nitrogen functional groups attached to an aromatic ring is 1. The quantitative estimate of drug-likeness (QED) is 0.486. The molecule has 4 nitrogen and oxygen atoms in total. The molecule has 0 aromatic carbocycles. The van der Waals surface area contributed by atoms with Crippen molar-refractivity contribution in [3.63, 3.8) is 0 Å². The molecule has 0 bridgehead atoms. The van der Waals surface area contributed by atoms with Gasteiger partial charge in [-0.25, -0.2) is 9.83 Å². The Hall–Kier alpha value is -1.78. The van der Waals surface area contributed by atoms with Crippen LogP contribution < -0.4 is 5.73 Å². The molecule has 0 aliphatic carbocycles. The Labute approximate surface area is 74.0 Å². The summed E-state index contributed by atoms with van der Waals surface area (Å²) in [5.74, 6) is 0.0508. The van der Waals surface area contributed by atoms with E-state index in [2.05, 4.69) is 9.83 Å². The predicted molar refractivity (Wildman–Crippen MR) is 44.6 cm³/mol. The standard InChI is InChI=1S/C7H3ClN4/c1-11-5-2-4(3-9)7(10)12-6(5)8/h2H,(H2,10,12). The second-order valence-corrected chi connectivity index (χ2v) is 2.31. The van der Waals surface area contributed by atoms with Crippen LogP contribution in [0.3, 0.4) is 0 Å². The fourth-order valence-electron chi connectivity index (χ4n) is 0.661. The number of anilines is 1. The van der Waals surface area contributed by atoms with Gasteiger partial charge in [-0.1, -0.05) is 11.6 Å². The molecule has 0 atom stereocenters. The number of nitriles is 1. The van der Waals surface area contributed by atoms with E-state index in [1.165, 1.54) is 6.07 Å². The summed E-state index contributed by atoms with van der Waals surface area (Å²) < 4.78 is 0. The zero-order valence-corrected chi connectivity index (χ0v) is 6.63. The fraction of sp³-hybridized carbons (Fsp3) is 0. The summed E-state index contributed by atoms with van der Waals surface area (Å²) in [5, 5.41) is 8.54. The van der Waals surface area contributed by atoms with Gasteiger partial charge >= 0.3 is 0 Å². The summed E-state index contributed by atoms with van der Waals surface area (Å²) in [5.41, 5.74) is 5.65. The third-order valence-electron chi connectivity index (χ3n) is 1.23. The molecule has 12 heavy (non-hydrogen) atoms. The molecule has 1 heterocycles. The third kappa shape index (κ3) is 1.29. The first kappa shape index (κ1) is 8.32. The molecule has 2 N–H and O–H groups in total. The Balaban J connectivity index is 3.42. The van der Waals surface area contributed by atoms with Crippen LogP contribution in [0.25, 0.3) is 4.85 Å². The van der Waals surface area contributed by atoms with Gasteiger partial charge in [0.05, 0.1) is 12.1 Å². The van der Waals surface area contributed by atoms with Gasteiger partial charge in [-0.3, -0.25) is 0 Å². The first-order valence-electron chi connectivity index (χ1n) is 2.92. The first-order chi connectivity index (χ1) is 5.69. The molecule has 1 aromatic rings. The van der Waals surface area contributed by atoms with E-state index in [-0.39, 0.29) is 22.2 Å². The van der Waals surface area contributed by atoms with Gasteiger partial charge in [-0.15, -0.1) is 0 Å². The van der Waals surface area contributed by atoms with Crippen LogP contribution in [-0.4, -0.2) is 4.98 Å². The minimum atomic E-state index is 0.0292. The van der Waals surface area contributed by atoms with E-state index >= 15 is 0 Å². The monoisotopic (exact) mass is 178 g/mol. The average Bonchev–Trinajstić information content (AvgIpc) is 2.05. The number of rotatable bonds is 0. The molecular weight excluding hydrogens is 176 g/mol. The summed E-state index contributed by atoms with van der Waals surface area (Å²) in [6, 6.07) is 3.12. The van der Waals surface area contributed by atoms with Crippen molar-refractivity contribution in [2.45, 2.75) is 0 Å². The van der Waals surface area contributed by atoms with Gasteiger partial charge in [-0.05, 0) is 6.07 Å². The summed E-state index contributed by atoms with van der Waals surface area (Å²) in [6.07, 6.45) is 0. The van der Waals surface area contributed by atoms with Crippen LogP contribution in [0.2, 0.25) is 5.15 Å². The maximum absolute atomic E-state index is 8.51. The smallest absolute Gasteiger partial charge is 0.225 e. The van der Waals surface area contributed by atoms with Crippen molar-refractivity contribution in [3.8, 4) is 6.07 Å². The minimum absolute atomic E-state index is 0.0292. The van der Waals surface area contributed by atoms with Gasteiger partial charge in [0.15, 0.2) is 0 Å². The number of nitrogens with two attached hydrogens (primary N) is 1. The van der Waals surface area contributed by atoms with Crippen LogP contribution in [-0.2, 0) is 0 Å². The van der Waals surface area contributed by atoms with Crippen molar-refractivity contribution >= 4 is 23.1 Å². The maximum atomic E-state index is 8.51. The largest absolute Gasteiger partial charge is 0.383 e. The summed E-state index contributed by atoms with van der Waals surface area (Å²) in [6.45, 7) is 6.68. The molecule has 5 heteroatoms. The Morgan fingerprint density at radius 2 is 2.42 bits per heavy atom. The third-order valence-corrected chi connectivity index (χ3v) is 1.51. The van der Waals surface area contributed by atoms with Gasteiger partial charge in [0, 0.05) is 0 Å². The van der Waals surface area contributed by atoms with Crippen LogP contribution in [0.1, 0.15) is 5.56 Å². The van der Waals surface area contributed by atoms with Crippen molar-refractivity contribution in [2.75, 3.05) is 5.73 Å². The molecule has 0 amide bonds. The van der Waals surface area contributed by atoms with E-state index in [4.69, 9.17) is 29.2 Å². The lowest BCUT2D eigenvalue weighted by Crippen LogP contribution is -1.94. The van der Waals surface area contributed by atoms with Crippen LogP contribution in [0.5, 0.6) is 0 Å². The topological polar surface area (TPSA) is 67.1 Å². The van der Waals surface area contributed by atoms with Crippen molar-refractivity contribution in [1.82, 2.24) is 4.98 Å². The first-order valence-corrected chi connectivity index (χ1v) is 3.30. The summed E-state index contributed by atoms with van der Waals surface area (Å²) >= 11 is 5.54. The molecule has 0 saturated heterocycles. The van der Waals surface area contributed by atoms with Crippen molar-refractivity contribution in [2.24, 2.45) is 0 Å². The molecule has 0 unspecified atom stereocenters. The van der Waals surface area contributed by atoms with Crippen molar-refractivity contribution in [3.05, 3.63) is 28.2 Å². The maximum Gasteiger partial charge on any atom is 0.225 e. The zero-order chi connectivity index (χ0) is 9.14. The van der Waals surface area contributed by atoms with Crippen LogP contribution in [0, 0.1) is 17.9 Å². The Morgan fingerprint density at radius 3 is 2.92 bits per heavy atom. The second-order valence-electron chi connectivity index (χ2n) is 1.95. The lowest BCUT2D eigenvalue weighted by atomic mass is 10.2. The summed E-state index contributed by atoms with van der Waals surface area (Å²) in [4.78, 5) is 6.69. The van der Waals surface area contributed by atoms with E-state index in [1.807, 2.05) is 6.07 Å². The predicted octanol–water partition coefficient (Wildman–Crippen LogP) is 1.74. The number of pyridine rings is 1. The van der Waals surface area contributed by atoms with Crippen molar-refractivity contribution in [1.29, 1.82) is 5.26 Å². The highest BCUT2D eigenvalue weighted by molar-refractivity contribution is 6.32. The second kappa shape index (κ2) is 3.08. The van der Waals surface area contributed by atoms with Crippen LogP contribution in [0.4, 0.5) is 11.5 Å². The van der Waals surface area contributed by atoms with Gasteiger partial charge in [0.1, 0.15) is 17.0 Å². The van der Waals surface area contributed by atoms with E-state index in [0.717, 1.165) is 0 Å². The van der Waals surface area contributed by atoms with Crippen LogP contribution >= 0.6 is 11.6 Å².